The molecule has 0 N–H and O–H groups in total. The van der Waals surface area contributed by atoms with Crippen LogP contribution >= 0.6 is 28.3 Å². The summed E-state index contributed by atoms with van der Waals surface area (Å²) in [5.74, 6) is 0. The third kappa shape index (κ3) is 20.1. The maximum atomic E-state index is 6.24. The molecule has 0 aliphatic carbocycles. The summed E-state index contributed by atoms with van der Waals surface area (Å²) in [5, 5.41) is 1.54. The molecule has 0 bridgehead atoms. The van der Waals surface area contributed by atoms with E-state index in [0.29, 0.717) is 0 Å². The normalized spacial score (nSPS) is 12.2. The van der Waals surface area contributed by atoms with Gasteiger partial charge in [0.2, 0.25) is 0 Å². The summed E-state index contributed by atoms with van der Waals surface area (Å²) in [5.41, 5.74) is 6.06. The minimum absolute atomic E-state index is 0.00263. The fraction of sp³-hybridized carbons (Fsp3) is 0.789. The van der Waals surface area contributed by atoms with Crippen LogP contribution in [0.25, 0.3) is 0 Å². The molecule has 2 nitrogen and oxygen atoms in total. The predicted molar refractivity (Wildman–Crippen MR) is 199 cm³/mol. The molecule has 1 rings (SSSR count). The van der Waals surface area contributed by atoms with Gasteiger partial charge < -0.3 is 9.47 Å². The van der Waals surface area contributed by atoms with E-state index in [1.807, 2.05) is 0 Å². The van der Waals surface area contributed by atoms with Crippen LogP contribution in [0.4, 0.5) is 0 Å². The number of benzene rings is 1. The lowest BCUT2D eigenvalue weighted by atomic mass is 9.95. The van der Waals surface area contributed by atoms with Gasteiger partial charge >= 0.3 is 0 Å². The number of aryl methyl sites for hydroxylation is 1. The molecule has 0 saturated carbocycles. The van der Waals surface area contributed by atoms with Crippen molar-refractivity contribution in [3.63, 3.8) is 0 Å². The Morgan fingerprint density at radius 2 is 1.12 bits per heavy atom. The number of ether oxygens (including phenoxy) is 2. The number of allylic oxidation sites excluding steroid dienone is 2. The zero-order chi connectivity index (χ0) is 30.7. The van der Waals surface area contributed by atoms with Gasteiger partial charge in [-0.15, -0.1) is 0 Å². The molecule has 0 saturated heterocycles. The summed E-state index contributed by atoms with van der Waals surface area (Å²) in [4.78, 5) is 0. The Morgan fingerprint density at radius 3 is 1.67 bits per heavy atom. The van der Waals surface area contributed by atoms with Gasteiger partial charge in [0.15, 0.2) is 6.29 Å². The third-order valence-corrected chi connectivity index (χ3v) is 11.3. The molecule has 0 aromatic heterocycles. The van der Waals surface area contributed by atoms with Crippen molar-refractivity contribution in [2.45, 2.75) is 182 Å². The number of unbranched alkanes of at least 4 members (excludes halogenated alkanes) is 16. The molecule has 42 heavy (non-hydrogen) atoms. The lowest BCUT2D eigenvalue weighted by molar-refractivity contribution is -0.148. The number of halogens is 1. The zero-order valence-corrected chi connectivity index (χ0v) is 31.6. The van der Waals surface area contributed by atoms with Crippen molar-refractivity contribution in [1.82, 2.24) is 0 Å². The van der Waals surface area contributed by atoms with Gasteiger partial charge in [-0.2, -0.15) is 0 Å². The van der Waals surface area contributed by atoms with E-state index in [9.17, 15) is 0 Å². The first-order valence-electron chi connectivity index (χ1n) is 17.9. The SMILES string of the molecule is CCCCCCCCCOC(CCCCC/C=C\CCCc1cc(PI)c(C)c(C)c1C)OCCCCCCCCC. The average Bonchev–Trinajstić information content (AvgIpc) is 3.00. The summed E-state index contributed by atoms with van der Waals surface area (Å²) in [7, 11) is 0. The van der Waals surface area contributed by atoms with Crippen molar-refractivity contribution in [2.75, 3.05) is 13.2 Å². The molecule has 0 aliphatic heterocycles. The monoisotopic (exact) mass is 714 g/mol. The zero-order valence-electron chi connectivity index (χ0n) is 28.5. The summed E-state index contributed by atoms with van der Waals surface area (Å²) in [6, 6.07) is 2.47. The highest BCUT2D eigenvalue weighted by molar-refractivity contribution is 14.2. The first-order chi connectivity index (χ1) is 20.5. The summed E-state index contributed by atoms with van der Waals surface area (Å²) >= 11 is 2.53. The number of rotatable bonds is 29. The van der Waals surface area contributed by atoms with Crippen molar-refractivity contribution in [3.05, 3.63) is 40.5 Å². The molecular formula is C38H68IO2P. The standard InChI is InChI=1S/C38H68IO2P/c1-6-8-10-12-18-22-26-30-40-38(41-31-27-23-19-13-11-9-7-2)29-25-21-17-15-14-16-20-24-28-36-32-37(42-39)35(5)33(3)34(36)4/h14,16,32,38,42H,6-13,15,17-31H2,1-5H3/b16-14-. The topological polar surface area (TPSA) is 18.5 Å². The van der Waals surface area contributed by atoms with Crippen LogP contribution in [0.1, 0.15) is 171 Å². The molecule has 0 heterocycles. The van der Waals surface area contributed by atoms with Crippen LogP contribution in [0.3, 0.4) is 0 Å². The van der Waals surface area contributed by atoms with E-state index in [-0.39, 0.29) is 6.29 Å². The van der Waals surface area contributed by atoms with Gasteiger partial charge in [0, 0.05) is 13.2 Å². The van der Waals surface area contributed by atoms with Crippen LogP contribution in [0.2, 0.25) is 0 Å². The molecule has 1 aromatic carbocycles. The molecular weight excluding hydrogens is 646 g/mol. The van der Waals surface area contributed by atoms with Gasteiger partial charge in [-0.05, 0) is 112 Å². The van der Waals surface area contributed by atoms with Gasteiger partial charge in [-0.3, -0.25) is 0 Å². The highest BCUT2D eigenvalue weighted by Gasteiger charge is 2.10. The van der Waals surface area contributed by atoms with Gasteiger partial charge in [0.25, 0.3) is 0 Å². The minimum atomic E-state index is 0.00263. The predicted octanol–water partition coefficient (Wildman–Crippen LogP) is 13.0. The smallest absolute Gasteiger partial charge is 0.157 e. The Morgan fingerprint density at radius 1 is 0.619 bits per heavy atom. The second-order valence-corrected chi connectivity index (χ2v) is 14.8. The van der Waals surface area contributed by atoms with Crippen molar-refractivity contribution >= 4 is 33.6 Å². The van der Waals surface area contributed by atoms with Crippen molar-refractivity contribution in [2.24, 2.45) is 0 Å². The Balaban J connectivity index is 2.23. The summed E-state index contributed by atoms with van der Waals surface area (Å²) in [6.45, 7) is 13.2. The number of hydrogen-bond acceptors (Lipinski definition) is 2. The van der Waals surface area contributed by atoms with Gasteiger partial charge in [-0.1, -0.05) is 138 Å². The molecule has 244 valence electrons. The van der Waals surface area contributed by atoms with Gasteiger partial charge in [-0.25, -0.2) is 0 Å². The average molecular weight is 715 g/mol. The quantitative estimate of drug-likeness (QED) is 0.0270. The van der Waals surface area contributed by atoms with E-state index in [0.717, 1.165) is 25.9 Å². The van der Waals surface area contributed by atoms with E-state index in [4.69, 9.17) is 9.47 Å². The van der Waals surface area contributed by atoms with E-state index in [1.165, 1.54) is 157 Å². The molecule has 1 aromatic rings. The Kier molecular flexibility index (Phi) is 27.2. The van der Waals surface area contributed by atoms with Crippen molar-refractivity contribution < 1.29 is 9.47 Å². The Labute approximate surface area is 277 Å². The molecule has 0 radical (unpaired) electrons. The third-order valence-electron chi connectivity index (χ3n) is 8.83. The van der Waals surface area contributed by atoms with Crippen LogP contribution < -0.4 is 5.30 Å². The molecule has 0 fully saturated rings. The van der Waals surface area contributed by atoms with Crippen LogP contribution in [0, 0.1) is 20.8 Å². The first kappa shape index (κ1) is 40.1. The first-order valence-corrected chi connectivity index (χ1v) is 22.0. The van der Waals surface area contributed by atoms with Crippen LogP contribution in [-0.2, 0) is 15.9 Å². The van der Waals surface area contributed by atoms with E-state index in [2.05, 4.69) is 74.9 Å². The lowest BCUT2D eigenvalue weighted by Gasteiger charge is -2.19. The Bertz CT molecular complexity index is 774. The van der Waals surface area contributed by atoms with Crippen LogP contribution in [-0.4, -0.2) is 19.5 Å². The molecule has 1 unspecified atom stereocenters. The van der Waals surface area contributed by atoms with Crippen molar-refractivity contribution in [3.8, 4) is 0 Å². The summed E-state index contributed by atoms with van der Waals surface area (Å²) < 4.78 is 12.5. The second kappa shape index (κ2) is 28.5. The van der Waals surface area contributed by atoms with Gasteiger partial charge in [0.1, 0.15) is 0 Å². The lowest BCUT2D eigenvalue weighted by Crippen LogP contribution is -2.19. The Hall–Kier alpha value is 0.0400. The highest BCUT2D eigenvalue weighted by atomic mass is 127. The molecule has 0 spiro atoms. The van der Waals surface area contributed by atoms with Crippen LogP contribution in [0.15, 0.2) is 18.2 Å². The fourth-order valence-electron chi connectivity index (χ4n) is 5.63. The van der Waals surface area contributed by atoms with Gasteiger partial charge in [0.05, 0.1) is 0 Å². The minimum Gasteiger partial charge on any atom is -0.353 e. The maximum Gasteiger partial charge on any atom is 0.157 e. The highest BCUT2D eigenvalue weighted by Crippen LogP contribution is 2.27. The molecule has 0 aliphatic rings. The largest absolute Gasteiger partial charge is 0.353 e. The van der Waals surface area contributed by atoms with Crippen molar-refractivity contribution in [1.29, 1.82) is 0 Å². The summed E-state index contributed by atoms with van der Waals surface area (Å²) in [6.07, 6.45) is 33.9. The maximum absolute atomic E-state index is 6.24. The molecule has 1 atom stereocenters. The second-order valence-electron chi connectivity index (χ2n) is 12.5. The molecule has 4 heteroatoms. The van der Waals surface area contributed by atoms with E-state index in [1.54, 1.807) is 5.56 Å². The number of hydrogen-bond donors (Lipinski definition) is 0. The van der Waals surface area contributed by atoms with E-state index < -0.39 is 0 Å². The van der Waals surface area contributed by atoms with E-state index >= 15 is 0 Å². The molecule has 0 amide bonds. The van der Waals surface area contributed by atoms with Crippen LogP contribution in [0.5, 0.6) is 0 Å². The fourth-order valence-corrected chi connectivity index (χ4v) is 7.87.